The summed E-state index contributed by atoms with van der Waals surface area (Å²) in [6.45, 7) is 0. The van der Waals surface area contributed by atoms with Crippen LogP contribution in [0.25, 0.3) is 38.8 Å². The number of para-hydroxylation sites is 3. The molecular formula is C36H38N2. The molecule has 0 amide bonds. The maximum Gasteiger partial charge on any atom is 0.0493 e. The van der Waals surface area contributed by atoms with Gasteiger partial charge in [0.15, 0.2) is 0 Å². The molecule has 3 aromatic carbocycles. The zero-order valence-corrected chi connectivity index (χ0v) is 22.4. The minimum Gasteiger partial charge on any atom is -0.341 e. The second-order valence-electron chi connectivity index (χ2n) is 12.2. The van der Waals surface area contributed by atoms with Gasteiger partial charge in [-0.2, -0.15) is 0 Å². The third kappa shape index (κ3) is 3.52. The van der Waals surface area contributed by atoms with Crippen molar-refractivity contribution in [2.45, 2.75) is 76.3 Å². The molecule has 0 radical (unpaired) electrons. The predicted octanol–water partition coefficient (Wildman–Crippen LogP) is 9.87. The van der Waals surface area contributed by atoms with Gasteiger partial charge in [-0.15, -0.1) is 0 Å². The number of benzene rings is 3. The highest BCUT2D eigenvalue weighted by atomic mass is 15.0. The predicted molar refractivity (Wildman–Crippen MR) is 161 cm³/mol. The first-order valence-corrected chi connectivity index (χ1v) is 15.1. The summed E-state index contributed by atoms with van der Waals surface area (Å²) in [6.07, 6.45) is 18.1. The van der Waals surface area contributed by atoms with Crippen LogP contribution < -0.4 is 0 Å². The molecule has 2 fully saturated rings. The number of rotatable bonds is 3. The molecule has 0 unspecified atom stereocenters. The van der Waals surface area contributed by atoms with E-state index in [-0.39, 0.29) is 0 Å². The Morgan fingerprint density at radius 2 is 0.974 bits per heavy atom. The van der Waals surface area contributed by atoms with Crippen LogP contribution in [0.2, 0.25) is 0 Å². The Bertz CT molecular complexity index is 1590. The summed E-state index contributed by atoms with van der Waals surface area (Å²) in [4.78, 5) is 0. The Labute approximate surface area is 226 Å². The van der Waals surface area contributed by atoms with E-state index in [2.05, 4.69) is 94.1 Å². The second-order valence-corrected chi connectivity index (χ2v) is 12.2. The smallest absolute Gasteiger partial charge is 0.0493 e. The van der Waals surface area contributed by atoms with Crippen LogP contribution >= 0.6 is 0 Å². The minimum absolute atomic E-state index is 0.637. The average molecular weight is 499 g/mol. The molecule has 3 aliphatic carbocycles. The number of allylic oxidation sites excluding steroid dienone is 1. The molecule has 5 aromatic rings. The van der Waals surface area contributed by atoms with E-state index in [1.165, 1.54) is 102 Å². The van der Waals surface area contributed by atoms with Gasteiger partial charge in [0.2, 0.25) is 0 Å². The third-order valence-electron chi connectivity index (χ3n) is 10.4. The van der Waals surface area contributed by atoms with Crippen LogP contribution in [0.1, 0.15) is 81.1 Å². The lowest BCUT2D eigenvalue weighted by atomic mass is 9.71. The Morgan fingerprint density at radius 1 is 0.500 bits per heavy atom. The quantitative estimate of drug-likeness (QED) is 0.234. The van der Waals surface area contributed by atoms with E-state index < -0.39 is 0 Å². The maximum atomic E-state index is 2.77. The minimum atomic E-state index is 0.637. The standard InChI is InChI=1S/C36H38N2/c1-5-13-33-29(9-1)30-10-2-6-14-34(30)37(33)27-21-17-25(18-22-27)26-19-23-28(24-20-26)38-35-15-7-3-11-31(35)32-12-4-8-16-36(32)38/h1-7,9-15,25-28H,8,16-24H2. The van der Waals surface area contributed by atoms with Gasteiger partial charge in [-0.3, -0.25) is 0 Å². The fraction of sp³-hybridized carbons (Fsp3) is 0.389. The van der Waals surface area contributed by atoms with Gasteiger partial charge in [-0.1, -0.05) is 66.7 Å². The van der Waals surface area contributed by atoms with Gasteiger partial charge in [0.05, 0.1) is 0 Å². The lowest BCUT2D eigenvalue weighted by Crippen LogP contribution is -2.28. The van der Waals surface area contributed by atoms with E-state index in [0.29, 0.717) is 12.1 Å². The molecule has 0 atom stereocenters. The molecule has 0 spiro atoms. The summed E-state index contributed by atoms with van der Waals surface area (Å²) in [5.74, 6) is 1.83. The molecule has 8 rings (SSSR count). The van der Waals surface area contributed by atoms with Crippen molar-refractivity contribution in [1.29, 1.82) is 0 Å². The Kier molecular flexibility index (Phi) is 5.49. The van der Waals surface area contributed by atoms with Gasteiger partial charge in [-0.25, -0.2) is 0 Å². The first kappa shape index (κ1) is 22.7. The maximum absolute atomic E-state index is 2.77. The summed E-state index contributed by atoms with van der Waals surface area (Å²) in [7, 11) is 0. The molecule has 2 heterocycles. The summed E-state index contributed by atoms with van der Waals surface area (Å²) in [5.41, 5.74) is 7.42. The van der Waals surface area contributed by atoms with Crippen molar-refractivity contribution in [3.8, 4) is 0 Å². The molecule has 38 heavy (non-hydrogen) atoms. The van der Waals surface area contributed by atoms with E-state index in [0.717, 1.165) is 11.8 Å². The SMILES string of the molecule is C1=Cc2c(n(C3CCC(C4CCC(n5c6ccccc6c6ccccc65)CC4)CC3)c3ccccc23)CC1. The largest absolute Gasteiger partial charge is 0.341 e. The highest BCUT2D eigenvalue weighted by Gasteiger charge is 2.33. The first-order chi connectivity index (χ1) is 18.9. The van der Waals surface area contributed by atoms with Gasteiger partial charge in [-0.05, 0) is 94.2 Å². The van der Waals surface area contributed by atoms with Crippen LogP contribution in [-0.2, 0) is 6.42 Å². The van der Waals surface area contributed by atoms with Gasteiger partial charge < -0.3 is 9.13 Å². The highest BCUT2D eigenvalue weighted by Crippen LogP contribution is 2.47. The molecule has 0 bridgehead atoms. The van der Waals surface area contributed by atoms with Crippen LogP contribution in [-0.4, -0.2) is 9.13 Å². The van der Waals surface area contributed by atoms with Crippen molar-refractivity contribution in [2.75, 3.05) is 0 Å². The van der Waals surface area contributed by atoms with Crippen molar-refractivity contribution in [3.05, 3.63) is 90.1 Å². The van der Waals surface area contributed by atoms with Crippen LogP contribution in [0.4, 0.5) is 0 Å². The van der Waals surface area contributed by atoms with E-state index in [1.54, 1.807) is 5.69 Å². The zero-order valence-electron chi connectivity index (χ0n) is 22.4. The summed E-state index contributed by atoms with van der Waals surface area (Å²) in [5, 5.41) is 4.29. The fourth-order valence-corrected chi connectivity index (χ4v) is 8.63. The van der Waals surface area contributed by atoms with E-state index >= 15 is 0 Å². The Balaban J connectivity index is 0.988. The molecule has 0 saturated heterocycles. The molecule has 0 N–H and O–H groups in total. The summed E-state index contributed by atoms with van der Waals surface area (Å²) in [6, 6.07) is 28.5. The molecular weight excluding hydrogens is 460 g/mol. The van der Waals surface area contributed by atoms with Crippen LogP contribution in [0.15, 0.2) is 78.9 Å². The Morgan fingerprint density at radius 3 is 1.55 bits per heavy atom. The topological polar surface area (TPSA) is 9.86 Å². The van der Waals surface area contributed by atoms with Crippen molar-refractivity contribution >= 4 is 38.8 Å². The molecule has 0 aliphatic heterocycles. The van der Waals surface area contributed by atoms with Gasteiger partial charge in [0.25, 0.3) is 0 Å². The van der Waals surface area contributed by atoms with E-state index in [1.807, 2.05) is 0 Å². The lowest BCUT2D eigenvalue weighted by Gasteiger charge is -2.39. The van der Waals surface area contributed by atoms with Crippen LogP contribution in [0.5, 0.6) is 0 Å². The number of nitrogens with zero attached hydrogens (tertiary/aromatic N) is 2. The third-order valence-corrected chi connectivity index (χ3v) is 10.4. The molecule has 3 aliphatic rings. The summed E-state index contributed by atoms with van der Waals surface area (Å²) < 4.78 is 5.45. The van der Waals surface area contributed by atoms with Crippen LogP contribution in [0.3, 0.4) is 0 Å². The van der Waals surface area contributed by atoms with Crippen molar-refractivity contribution in [2.24, 2.45) is 11.8 Å². The molecule has 2 saturated carbocycles. The normalized spacial score (nSPS) is 25.8. The Hall–Kier alpha value is -3.26. The van der Waals surface area contributed by atoms with Crippen molar-refractivity contribution in [1.82, 2.24) is 9.13 Å². The van der Waals surface area contributed by atoms with Crippen molar-refractivity contribution in [3.63, 3.8) is 0 Å². The summed E-state index contributed by atoms with van der Waals surface area (Å²) >= 11 is 0. The van der Waals surface area contributed by atoms with Gasteiger partial charge >= 0.3 is 0 Å². The zero-order chi connectivity index (χ0) is 25.1. The van der Waals surface area contributed by atoms with E-state index in [4.69, 9.17) is 0 Å². The lowest BCUT2D eigenvalue weighted by molar-refractivity contribution is 0.152. The van der Waals surface area contributed by atoms with Gasteiger partial charge in [0.1, 0.15) is 0 Å². The van der Waals surface area contributed by atoms with E-state index in [9.17, 15) is 0 Å². The molecule has 192 valence electrons. The van der Waals surface area contributed by atoms with Crippen LogP contribution in [0, 0.1) is 11.8 Å². The van der Waals surface area contributed by atoms with Crippen molar-refractivity contribution < 1.29 is 0 Å². The van der Waals surface area contributed by atoms with Gasteiger partial charge in [0, 0.05) is 56.0 Å². The fourth-order valence-electron chi connectivity index (χ4n) is 8.63. The molecule has 2 aromatic heterocycles. The number of aromatic nitrogens is 2. The monoisotopic (exact) mass is 498 g/mol. The number of fused-ring (bicyclic) bond motifs is 6. The highest BCUT2D eigenvalue weighted by molar-refractivity contribution is 6.08. The first-order valence-electron chi connectivity index (χ1n) is 15.1. The average Bonchev–Trinajstić information content (AvgIpc) is 3.51. The number of hydrogen-bond donors (Lipinski definition) is 0. The second kappa shape index (κ2) is 9.19. The number of hydrogen-bond acceptors (Lipinski definition) is 0. The molecule has 2 heteroatoms. The molecule has 2 nitrogen and oxygen atoms in total.